The summed E-state index contributed by atoms with van der Waals surface area (Å²) in [5.41, 5.74) is 1.48. The van der Waals surface area contributed by atoms with E-state index in [1.807, 2.05) is 13.0 Å². The summed E-state index contributed by atoms with van der Waals surface area (Å²) in [6.07, 6.45) is 1.63. The summed E-state index contributed by atoms with van der Waals surface area (Å²) in [4.78, 5) is 19.7. The molecule has 1 aromatic heterocycles. The van der Waals surface area contributed by atoms with Crippen molar-refractivity contribution in [2.45, 2.75) is 20.5 Å². The van der Waals surface area contributed by atoms with Gasteiger partial charge in [0.25, 0.3) is 0 Å². The van der Waals surface area contributed by atoms with Gasteiger partial charge in [-0.2, -0.15) is 0 Å². The van der Waals surface area contributed by atoms with Crippen LogP contribution in [0.5, 0.6) is 0 Å². The summed E-state index contributed by atoms with van der Waals surface area (Å²) in [6.45, 7) is 3.90. The molecule has 0 unspecified atom stereocenters. The maximum atomic E-state index is 10.6. The highest BCUT2D eigenvalue weighted by Crippen LogP contribution is 2.08. The number of aromatic nitrogens is 1. The predicted molar refractivity (Wildman–Crippen MR) is 66.8 cm³/mol. The molecule has 0 atom stereocenters. The van der Waals surface area contributed by atoms with Gasteiger partial charge in [-0.1, -0.05) is 5.16 Å². The van der Waals surface area contributed by atoms with Crippen molar-refractivity contribution >= 4 is 26.5 Å². The van der Waals surface area contributed by atoms with Gasteiger partial charge < -0.3 is 9.57 Å². The van der Waals surface area contributed by atoms with Gasteiger partial charge in [0.15, 0.2) is 4.62 Å². The Balaban J connectivity index is 2.64. The number of oxime groups is 1. The molecule has 0 N–H and O–H groups in total. The van der Waals surface area contributed by atoms with Crippen LogP contribution in [0.15, 0.2) is 23.5 Å². The largest absolute Gasteiger partial charge is 0.459 e. The Bertz CT molecular complexity index is 404. The van der Waals surface area contributed by atoms with Crippen LogP contribution < -0.4 is 0 Å². The average Bonchev–Trinajstić information content (AvgIpc) is 2.34. The second-order valence-electron chi connectivity index (χ2n) is 3.12. The first-order valence-corrected chi connectivity index (χ1v) is 5.87. The van der Waals surface area contributed by atoms with E-state index in [4.69, 9.17) is 9.57 Å². The molecule has 0 bridgehead atoms. The van der Waals surface area contributed by atoms with Crippen LogP contribution in [0.2, 0.25) is 0 Å². The van der Waals surface area contributed by atoms with Crippen molar-refractivity contribution in [1.82, 2.24) is 4.98 Å². The van der Waals surface area contributed by atoms with Crippen molar-refractivity contribution in [3.05, 3.63) is 29.6 Å². The smallest absolute Gasteiger partial charge is 0.303 e. The van der Waals surface area contributed by atoms with Crippen molar-refractivity contribution in [2.24, 2.45) is 5.16 Å². The maximum Gasteiger partial charge on any atom is 0.303 e. The van der Waals surface area contributed by atoms with Crippen LogP contribution in [-0.4, -0.2) is 22.2 Å². The van der Waals surface area contributed by atoms with Crippen LogP contribution in [0.1, 0.15) is 25.1 Å². The van der Waals surface area contributed by atoms with Gasteiger partial charge in [-0.3, -0.25) is 9.78 Å². The molecule has 0 aliphatic rings. The number of halogens is 1. The van der Waals surface area contributed by atoms with Crippen LogP contribution in [0.3, 0.4) is 0 Å². The summed E-state index contributed by atoms with van der Waals surface area (Å²) in [5.74, 6) is -0.324. The molecule has 0 fully saturated rings. The molecule has 1 heterocycles. The number of nitrogens with zero attached hydrogens (tertiary/aromatic N) is 2. The second kappa shape index (κ2) is 7.01. The molecule has 17 heavy (non-hydrogen) atoms. The molecule has 6 heteroatoms. The highest BCUT2D eigenvalue weighted by Gasteiger charge is 2.02. The second-order valence-corrected chi connectivity index (χ2v) is 3.87. The zero-order valence-corrected chi connectivity index (χ0v) is 11.2. The van der Waals surface area contributed by atoms with Gasteiger partial charge in [-0.15, -0.1) is 0 Å². The van der Waals surface area contributed by atoms with E-state index >= 15 is 0 Å². The highest BCUT2D eigenvalue weighted by atomic mass is 79.9. The molecule has 0 saturated carbocycles. The molecule has 0 radical (unpaired) electrons. The average molecular weight is 301 g/mol. The summed E-state index contributed by atoms with van der Waals surface area (Å²) in [6, 6.07) is 3.58. The van der Waals surface area contributed by atoms with Crippen LogP contribution in [-0.2, 0) is 21.0 Å². The molecular weight excluding hydrogens is 288 g/mol. The van der Waals surface area contributed by atoms with Crippen LogP contribution in [0.25, 0.3) is 0 Å². The Labute approximate surface area is 108 Å². The van der Waals surface area contributed by atoms with E-state index in [0.717, 1.165) is 5.56 Å². The lowest BCUT2D eigenvalue weighted by molar-refractivity contribution is -0.142. The van der Waals surface area contributed by atoms with Crippen molar-refractivity contribution in [1.29, 1.82) is 0 Å². The van der Waals surface area contributed by atoms with Gasteiger partial charge in [0, 0.05) is 18.7 Å². The lowest BCUT2D eigenvalue weighted by atomic mass is 10.3. The van der Waals surface area contributed by atoms with Crippen LogP contribution >= 0.6 is 15.9 Å². The number of carbonyl (C=O) groups is 1. The topological polar surface area (TPSA) is 60.8 Å². The Kier molecular flexibility index (Phi) is 5.62. The van der Waals surface area contributed by atoms with Gasteiger partial charge >= 0.3 is 5.97 Å². The molecule has 0 amide bonds. The van der Waals surface area contributed by atoms with Gasteiger partial charge in [-0.05, 0) is 35.0 Å². The predicted octanol–water partition coefficient (Wildman–Crippen LogP) is 2.24. The van der Waals surface area contributed by atoms with Crippen LogP contribution in [0.4, 0.5) is 0 Å². The van der Waals surface area contributed by atoms with Crippen LogP contribution in [0, 0.1) is 0 Å². The lowest BCUT2D eigenvalue weighted by Crippen LogP contribution is -2.01. The summed E-state index contributed by atoms with van der Waals surface area (Å²) >= 11 is 3.27. The minimum atomic E-state index is -0.324. The molecule has 1 rings (SSSR count). The summed E-state index contributed by atoms with van der Waals surface area (Å²) < 4.78 is 5.40. The number of carbonyl (C=O) groups excluding carboxylic acids is 1. The fraction of sp³-hybridized carbons (Fsp3) is 0.364. The minimum Gasteiger partial charge on any atom is -0.459 e. The zero-order chi connectivity index (χ0) is 12.7. The fourth-order valence-electron chi connectivity index (χ4n) is 0.981. The molecular formula is C11H13BrN2O3. The minimum absolute atomic E-state index is 0.176. The van der Waals surface area contributed by atoms with E-state index in [9.17, 15) is 4.79 Å². The molecule has 5 nitrogen and oxygen atoms in total. The number of esters is 1. The van der Waals surface area contributed by atoms with Crippen molar-refractivity contribution in [3.8, 4) is 0 Å². The maximum absolute atomic E-state index is 10.6. The molecule has 0 aliphatic carbocycles. The van der Waals surface area contributed by atoms with Gasteiger partial charge in [0.1, 0.15) is 13.2 Å². The Morgan fingerprint density at radius 3 is 2.82 bits per heavy atom. The normalized spacial score (nSPS) is 11.1. The molecule has 1 aromatic rings. The van der Waals surface area contributed by atoms with E-state index in [1.165, 1.54) is 6.92 Å². The zero-order valence-electron chi connectivity index (χ0n) is 9.64. The first-order valence-electron chi connectivity index (χ1n) is 5.07. The molecule has 92 valence electrons. The molecule has 0 spiro atoms. The fourth-order valence-corrected chi connectivity index (χ4v) is 1.32. The van der Waals surface area contributed by atoms with Crippen molar-refractivity contribution in [2.75, 3.05) is 6.61 Å². The number of hydrogen-bond donors (Lipinski definition) is 0. The van der Waals surface area contributed by atoms with E-state index < -0.39 is 0 Å². The lowest BCUT2D eigenvalue weighted by Gasteiger charge is -2.02. The number of hydrogen-bond acceptors (Lipinski definition) is 5. The van der Waals surface area contributed by atoms with Gasteiger partial charge in [0.05, 0.1) is 5.69 Å². The van der Waals surface area contributed by atoms with E-state index in [0.29, 0.717) is 16.9 Å². The Morgan fingerprint density at radius 1 is 1.53 bits per heavy atom. The van der Waals surface area contributed by atoms with Gasteiger partial charge in [0.2, 0.25) is 0 Å². The number of ether oxygens (including phenoxy) is 1. The van der Waals surface area contributed by atoms with Crippen molar-refractivity contribution in [3.63, 3.8) is 0 Å². The standard InChI is InChI=1S/C11H13BrN2O3/c1-3-17-14-11(12)9-4-5-10(13-6-9)7-16-8(2)15/h4-6H,3,7H2,1-2H3/b14-11-. The molecule has 0 saturated heterocycles. The number of pyridine rings is 1. The molecule has 0 aromatic carbocycles. The Hall–Kier alpha value is -1.43. The van der Waals surface area contributed by atoms with E-state index in [-0.39, 0.29) is 12.6 Å². The first kappa shape index (κ1) is 13.6. The van der Waals surface area contributed by atoms with E-state index in [2.05, 4.69) is 26.1 Å². The highest BCUT2D eigenvalue weighted by molar-refractivity contribution is 9.18. The third-order valence-corrected chi connectivity index (χ3v) is 2.36. The third kappa shape index (κ3) is 4.95. The third-order valence-electron chi connectivity index (χ3n) is 1.76. The SMILES string of the molecule is CCO/N=C(\Br)c1ccc(COC(C)=O)nc1. The summed E-state index contributed by atoms with van der Waals surface area (Å²) in [5, 5.41) is 3.82. The Morgan fingerprint density at radius 2 is 2.29 bits per heavy atom. The van der Waals surface area contributed by atoms with Gasteiger partial charge in [-0.25, -0.2) is 0 Å². The quantitative estimate of drug-likeness (QED) is 0.475. The summed E-state index contributed by atoms with van der Waals surface area (Å²) in [7, 11) is 0. The monoisotopic (exact) mass is 300 g/mol. The van der Waals surface area contributed by atoms with Crippen molar-refractivity contribution < 1.29 is 14.4 Å². The number of rotatable bonds is 5. The first-order chi connectivity index (χ1) is 8.13. The van der Waals surface area contributed by atoms with E-state index in [1.54, 1.807) is 12.3 Å². The molecule has 0 aliphatic heterocycles.